The Balaban J connectivity index is 2.09. The van der Waals surface area contributed by atoms with E-state index in [4.69, 9.17) is 16.8 Å². The minimum Gasteiger partial charge on any atom is -0.400 e. The summed E-state index contributed by atoms with van der Waals surface area (Å²) in [5.74, 6) is 6.61. The maximum atomic E-state index is 9.08. The molecule has 0 atom stereocenters. The molecular weight excluding hydrogens is 278 g/mol. The lowest BCUT2D eigenvalue weighted by atomic mass is 10.1. The third-order valence-corrected chi connectivity index (χ3v) is 3.68. The molecule has 0 aliphatic carbocycles. The number of hydrazine groups is 1. The Labute approximate surface area is 131 Å². The molecule has 1 aliphatic rings. The molecule has 1 aliphatic heterocycles. The van der Waals surface area contributed by atoms with Gasteiger partial charge in [-0.15, -0.1) is 0 Å². The molecule has 2 heterocycles. The first kappa shape index (κ1) is 16.2. The number of hydrogen-bond acceptors (Lipinski definition) is 7. The zero-order valence-corrected chi connectivity index (χ0v) is 13.1. The minimum absolute atomic E-state index is 0.581. The summed E-state index contributed by atoms with van der Waals surface area (Å²) < 4.78 is 0. The Hall–Kier alpha value is -2.14. The van der Waals surface area contributed by atoms with Crippen molar-refractivity contribution in [2.45, 2.75) is 13.8 Å². The molecule has 1 fully saturated rings. The zero-order valence-electron chi connectivity index (χ0n) is 13.1. The Bertz CT molecular complexity index is 573. The summed E-state index contributed by atoms with van der Waals surface area (Å²) in [4.78, 5) is 6.64. The second-order valence-electron chi connectivity index (χ2n) is 5.51. The van der Waals surface area contributed by atoms with Crippen LogP contribution in [0.25, 0.3) is 0 Å². The summed E-state index contributed by atoms with van der Waals surface area (Å²) in [5.41, 5.74) is 8.88. The molecule has 0 aromatic carbocycles. The van der Waals surface area contributed by atoms with Crippen molar-refractivity contribution in [1.29, 1.82) is 5.26 Å². The van der Waals surface area contributed by atoms with Gasteiger partial charge in [-0.3, -0.25) is 9.91 Å². The average Bonchev–Trinajstić information content (AvgIpc) is 2.47. The molecule has 118 valence electrons. The molecule has 5 N–H and O–H groups in total. The summed E-state index contributed by atoms with van der Waals surface area (Å²) in [6.45, 7) is 8.28. The van der Waals surface area contributed by atoms with E-state index in [2.05, 4.69) is 21.3 Å². The number of hydrogen-bond donors (Lipinski definition) is 3. The first-order valence-corrected chi connectivity index (χ1v) is 7.32. The van der Waals surface area contributed by atoms with Gasteiger partial charge < -0.3 is 11.1 Å². The second-order valence-corrected chi connectivity index (χ2v) is 5.51. The van der Waals surface area contributed by atoms with Crippen molar-refractivity contribution in [2.24, 2.45) is 11.6 Å². The average molecular weight is 301 g/mol. The van der Waals surface area contributed by atoms with Crippen molar-refractivity contribution in [3.63, 3.8) is 0 Å². The van der Waals surface area contributed by atoms with E-state index in [0.717, 1.165) is 31.7 Å². The molecule has 0 radical (unpaired) electrons. The molecule has 0 unspecified atom stereocenters. The third kappa shape index (κ3) is 3.95. The van der Waals surface area contributed by atoms with Crippen molar-refractivity contribution in [3.8, 4) is 6.07 Å². The molecule has 7 heteroatoms. The predicted molar refractivity (Wildman–Crippen MR) is 86.7 cm³/mol. The highest BCUT2D eigenvalue weighted by Crippen LogP contribution is 2.17. The van der Waals surface area contributed by atoms with Crippen molar-refractivity contribution >= 4 is 5.82 Å². The molecule has 1 saturated heterocycles. The van der Waals surface area contributed by atoms with Gasteiger partial charge in [-0.25, -0.2) is 10.8 Å². The SMILES string of the molecule is Cc1cc(N(N)/C=C(\N)CN2CCNCC2)nc(C)c1C#N. The van der Waals surface area contributed by atoms with Gasteiger partial charge in [0.25, 0.3) is 0 Å². The smallest absolute Gasteiger partial charge is 0.147 e. The van der Waals surface area contributed by atoms with Crippen LogP contribution in [-0.2, 0) is 0 Å². The van der Waals surface area contributed by atoms with Crippen LogP contribution in [0, 0.1) is 25.2 Å². The lowest BCUT2D eigenvalue weighted by Crippen LogP contribution is -2.45. The number of nitriles is 1. The van der Waals surface area contributed by atoms with Crippen molar-refractivity contribution < 1.29 is 0 Å². The van der Waals surface area contributed by atoms with E-state index in [9.17, 15) is 0 Å². The number of rotatable bonds is 4. The number of nitrogens with zero attached hydrogens (tertiary/aromatic N) is 4. The van der Waals surface area contributed by atoms with Gasteiger partial charge in [0, 0.05) is 44.6 Å². The number of piperazine rings is 1. The third-order valence-electron chi connectivity index (χ3n) is 3.68. The Morgan fingerprint density at radius 3 is 2.77 bits per heavy atom. The monoisotopic (exact) mass is 301 g/mol. The molecule has 1 aromatic heterocycles. The van der Waals surface area contributed by atoms with Crippen molar-refractivity contribution in [3.05, 3.63) is 34.8 Å². The quantitative estimate of drug-likeness (QED) is 0.529. The highest BCUT2D eigenvalue weighted by molar-refractivity contribution is 5.50. The number of anilines is 1. The zero-order chi connectivity index (χ0) is 16.1. The number of aryl methyl sites for hydroxylation is 2. The number of pyridine rings is 1. The summed E-state index contributed by atoms with van der Waals surface area (Å²) >= 11 is 0. The summed E-state index contributed by atoms with van der Waals surface area (Å²) in [7, 11) is 0. The minimum atomic E-state index is 0.581. The standard InChI is InChI=1S/C15H23N7/c1-11-7-15(20-12(2)14(11)8-16)22(18)10-13(17)9-21-5-3-19-4-6-21/h7,10,19H,3-6,9,17-18H2,1-2H3/b13-10-. The van der Waals surface area contributed by atoms with Gasteiger partial charge >= 0.3 is 0 Å². The largest absolute Gasteiger partial charge is 0.400 e. The molecular formula is C15H23N7. The lowest BCUT2D eigenvalue weighted by Gasteiger charge is -2.27. The molecule has 0 spiro atoms. The van der Waals surface area contributed by atoms with E-state index in [1.54, 1.807) is 19.2 Å². The molecule has 0 amide bonds. The van der Waals surface area contributed by atoms with Crippen LogP contribution in [0.4, 0.5) is 5.82 Å². The maximum Gasteiger partial charge on any atom is 0.147 e. The number of aromatic nitrogens is 1. The Morgan fingerprint density at radius 1 is 1.50 bits per heavy atom. The topological polar surface area (TPSA) is 107 Å². The van der Waals surface area contributed by atoms with Crippen molar-refractivity contribution in [2.75, 3.05) is 37.7 Å². The fraction of sp³-hybridized carbons (Fsp3) is 0.467. The highest BCUT2D eigenvalue weighted by atomic mass is 15.4. The van der Waals surface area contributed by atoms with Crippen LogP contribution >= 0.6 is 0 Å². The van der Waals surface area contributed by atoms with E-state index < -0.39 is 0 Å². The van der Waals surface area contributed by atoms with Gasteiger partial charge in [0.2, 0.25) is 0 Å². The van der Waals surface area contributed by atoms with Gasteiger partial charge in [0.15, 0.2) is 0 Å². The van der Waals surface area contributed by atoms with E-state index in [0.29, 0.717) is 29.3 Å². The summed E-state index contributed by atoms with van der Waals surface area (Å²) in [5, 5.41) is 13.8. The predicted octanol–water partition coefficient (Wildman–Crippen LogP) is -0.0445. The van der Waals surface area contributed by atoms with Crippen LogP contribution in [0.15, 0.2) is 18.0 Å². The molecule has 7 nitrogen and oxygen atoms in total. The summed E-state index contributed by atoms with van der Waals surface area (Å²) in [6.07, 6.45) is 1.69. The molecule has 1 aromatic rings. The lowest BCUT2D eigenvalue weighted by molar-refractivity contribution is 0.258. The first-order valence-electron chi connectivity index (χ1n) is 7.32. The molecule has 0 saturated carbocycles. The fourth-order valence-electron chi connectivity index (χ4n) is 2.53. The van der Waals surface area contributed by atoms with E-state index in [-0.39, 0.29) is 0 Å². The normalized spacial score (nSPS) is 16.4. The van der Waals surface area contributed by atoms with E-state index in [1.165, 1.54) is 5.01 Å². The molecule has 2 rings (SSSR count). The van der Waals surface area contributed by atoms with Gasteiger partial charge in [0.1, 0.15) is 11.9 Å². The van der Waals surface area contributed by atoms with Crippen molar-refractivity contribution in [1.82, 2.24) is 15.2 Å². The fourth-order valence-corrected chi connectivity index (χ4v) is 2.53. The first-order chi connectivity index (χ1) is 10.5. The van der Waals surface area contributed by atoms with Gasteiger partial charge in [0.05, 0.1) is 11.3 Å². The van der Waals surface area contributed by atoms with Crippen LogP contribution in [0.1, 0.15) is 16.8 Å². The molecule has 22 heavy (non-hydrogen) atoms. The maximum absolute atomic E-state index is 9.08. The van der Waals surface area contributed by atoms with Gasteiger partial charge in [-0.1, -0.05) is 0 Å². The van der Waals surface area contributed by atoms with E-state index in [1.807, 2.05) is 6.92 Å². The van der Waals surface area contributed by atoms with Crippen LogP contribution in [0.2, 0.25) is 0 Å². The van der Waals surface area contributed by atoms with Crippen LogP contribution in [0.3, 0.4) is 0 Å². The van der Waals surface area contributed by atoms with Gasteiger partial charge in [-0.05, 0) is 25.5 Å². The van der Waals surface area contributed by atoms with Crippen LogP contribution < -0.4 is 21.9 Å². The van der Waals surface area contributed by atoms with Crippen LogP contribution in [-0.4, -0.2) is 42.6 Å². The highest BCUT2D eigenvalue weighted by Gasteiger charge is 2.12. The Morgan fingerprint density at radius 2 is 2.18 bits per heavy atom. The molecule has 0 bridgehead atoms. The number of nitrogens with one attached hydrogen (secondary N) is 1. The van der Waals surface area contributed by atoms with E-state index >= 15 is 0 Å². The summed E-state index contributed by atoms with van der Waals surface area (Å²) in [6, 6.07) is 3.94. The van der Waals surface area contributed by atoms with Gasteiger partial charge in [-0.2, -0.15) is 5.26 Å². The van der Waals surface area contributed by atoms with Crippen LogP contribution in [0.5, 0.6) is 0 Å². The second kappa shape index (κ2) is 7.22. The number of nitrogens with two attached hydrogens (primary N) is 2. The Kier molecular flexibility index (Phi) is 5.33.